The molecule has 2 rings (SSSR count). The molecule has 0 bridgehead atoms. The number of carbonyl (C=O) groups excluding carboxylic acids is 1. The Morgan fingerprint density at radius 3 is 2.78 bits per heavy atom. The molecule has 2 N–H and O–H groups in total. The summed E-state index contributed by atoms with van der Waals surface area (Å²) in [6, 6.07) is 10.8. The topological polar surface area (TPSA) is 93.5 Å². The van der Waals surface area contributed by atoms with Crippen LogP contribution in [0.5, 0.6) is 5.75 Å². The van der Waals surface area contributed by atoms with E-state index in [1.165, 1.54) is 18.2 Å². The van der Waals surface area contributed by atoms with E-state index in [0.29, 0.717) is 17.9 Å². The van der Waals surface area contributed by atoms with Gasteiger partial charge in [-0.25, -0.2) is 0 Å². The van der Waals surface area contributed by atoms with Gasteiger partial charge in [0, 0.05) is 16.7 Å². The molecule has 2 aromatic rings. The van der Waals surface area contributed by atoms with Crippen molar-refractivity contribution in [2.75, 3.05) is 11.9 Å². The van der Waals surface area contributed by atoms with E-state index in [0.717, 1.165) is 12.8 Å². The SMILES string of the molecule is CCCCOc1cccc(C(=O)NC(=S)Nc2ccc(Cl)cc2[N+](=O)[O-])c1. The van der Waals surface area contributed by atoms with Crippen molar-refractivity contribution >= 4 is 46.2 Å². The van der Waals surface area contributed by atoms with Crippen molar-refractivity contribution in [2.45, 2.75) is 19.8 Å². The Morgan fingerprint density at radius 1 is 1.30 bits per heavy atom. The van der Waals surface area contributed by atoms with Gasteiger partial charge >= 0.3 is 0 Å². The van der Waals surface area contributed by atoms with E-state index >= 15 is 0 Å². The average molecular weight is 408 g/mol. The van der Waals surface area contributed by atoms with E-state index in [4.69, 9.17) is 28.6 Å². The number of nitro benzene ring substituents is 1. The molecule has 2 aromatic carbocycles. The molecular formula is C18H18ClN3O4S. The van der Waals surface area contributed by atoms with Crippen LogP contribution in [0.4, 0.5) is 11.4 Å². The van der Waals surface area contributed by atoms with Crippen molar-refractivity contribution in [3.05, 3.63) is 63.2 Å². The number of thiocarbonyl (C=S) groups is 1. The molecule has 0 atom stereocenters. The maximum absolute atomic E-state index is 12.4. The van der Waals surface area contributed by atoms with Gasteiger partial charge in [-0.05, 0) is 49.0 Å². The zero-order valence-electron chi connectivity index (χ0n) is 14.5. The molecular weight excluding hydrogens is 390 g/mol. The zero-order chi connectivity index (χ0) is 19.8. The minimum absolute atomic E-state index is 0.0669. The number of nitro groups is 1. The highest BCUT2D eigenvalue weighted by atomic mass is 35.5. The molecule has 142 valence electrons. The molecule has 0 aliphatic rings. The Hall–Kier alpha value is -2.71. The third-order valence-corrected chi connectivity index (χ3v) is 3.93. The molecule has 0 saturated carbocycles. The van der Waals surface area contributed by atoms with E-state index in [9.17, 15) is 14.9 Å². The monoisotopic (exact) mass is 407 g/mol. The number of hydrogen-bond donors (Lipinski definition) is 2. The van der Waals surface area contributed by atoms with Gasteiger partial charge in [0.2, 0.25) is 0 Å². The second-order valence-corrected chi connectivity index (χ2v) is 6.40. The predicted octanol–water partition coefficient (Wildman–Crippen LogP) is 4.55. The summed E-state index contributed by atoms with van der Waals surface area (Å²) in [7, 11) is 0. The van der Waals surface area contributed by atoms with Crippen LogP contribution in [0.3, 0.4) is 0 Å². The van der Waals surface area contributed by atoms with Crippen LogP contribution < -0.4 is 15.4 Å². The minimum atomic E-state index is -0.588. The summed E-state index contributed by atoms with van der Waals surface area (Å²) in [4.78, 5) is 22.9. The maximum atomic E-state index is 12.4. The van der Waals surface area contributed by atoms with Gasteiger partial charge in [0.25, 0.3) is 11.6 Å². The summed E-state index contributed by atoms with van der Waals surface area (Å²) >= 11 is 10.9. The molecule has 0 saturated heterocycles. The highest BCUT2D eigenvalue weighted by molar-refractivity contribution is 7.80. The summed E-state index contributed by atoms with van der Waals surface area (Å²) in [6.45, 7) is 2.63. The summed E-state index contributed by atoms with van der Waals surface area (Å²) in [6.07, 6.45) is 1.93. The number of benzene rings is 2. The second kappa shape index (κ2) is 9.84. The Kier molecular flexibility index (Phi) is 7.51. The summed E-state index contributed by atoms with van der Waals surface area (Å²) in [5.74, 6) is 0.133. The van der Waals surface area contributed by atoms with Crippen LogP contribution in [-0.4, -0.2) is 22.5 Å². The lowest BCUT2D eigenvalue weighted by Crippen LogP contribution is -2.34. The van der Waals surface area contributed by atoms with Crippen LogP contribution in [0.15, 0.2) is 42.5 Å². The van der Waals surface area contributed by atoms with Crippen molar-refractivity contribution in [1.82, 2.24) is 5.32 Å². The number of nitrogens with one attached hydrogen (secondary N) is 2. The number of carbonyl (C=O) groups is 1. The first-order chi connectivity index (χ1) is 12.9. The van der Waals surface area contributed by atoms with Crippen LogP contribution in [0.1, 0.15) is 30.1 Å². The highest BCUT2D eigenvalue weighted by Gasteiger charge is 2.16. The van der Waals surface area contributed by atoms with Crippen LogP contribution in [0.2, 0.25) is 5.02 Å². The summed E-state index contributed by atoms with van der Waals surface area (Å²) < 4.78 is 5.58. The quantitative estimate of drug-likeness (QED) is 0.302. The first kappa shape index (κ1) is 20.6. The van der Waals surface area contributed by atoms with E-state index in [1.54, 1.807) is 24.3 Å². The lowest BCUT2D eigenvalue weighted by molar-refractivity contribution is -0.383. The predicted molar refractivity (Wildman–Crippen MR) is 109 cm³/mol. The van der Waals surface area contributed by atoms with Gasteiger partial charge in [-0.15, -0.1) is 0 Å². The average Bonchev–Trinajstić information content (AvgIpc) is 2.63. The van der Waals surface area contributed by atoms with Gasteiger partial charge in [-0.1, -0.05) is 31.0 Å². The number of anilines is 1. The first-order valence-electron chi connectivity index (χ1n) is 8.20. The van der Waals surface area contributed by atoms with Gasteiger partial charge < -0.3 is 10.1 Å². The van der Waals surface area contributed by atoms with Crippen LogP contribution >= 0.6 is 23.8 Å². The molecule has 0 unspecified atom stereocenters. The number of unbranched alkanes of at least 4 members (excludes halogenated alkanes) is 1. The lowest BCUT2D eigenvalue weighted by Gasteiger charge is -2.11. The van der Waals surface area contributed by atoms with Crippen molar-refractivity contribution in [1.29, 1.82) is 0 Å². The smallest absolute Gasteiger partial charge is 0.294 e. The van der Waals surface area contributed by atoms with Crippen molar-refractivity contribution in [2.24, 2.45) is 0 Å². The third kappa shape index (κ3) is 6.19. The Bertz CT molecular complexity index is 860. The van der Waals surface area contributed by atoms with Crippen molar-refractivity contribution in [3.63, 3.8) is 0 Å². The Labute approximate surface area is 166 Å². The maximum Gasteiger partial charge on any atom is 0.294 e. The van der Waals surface area contributed by atoms with Crippen molar-refractivity contribution in [3.8, 4) is 5.75 Å². The fourth-order valence-corrected chi connectivity index (χ4v) is 2.52. The molecule has 0 fully saturated rings. The number of ether oxygens (including phenoxy) is 1. The standard InChI is InChI=1S/C18H18ClN3O4S/c1-2-3-9-26-14-6-4-5-12(10-14)17(23)21-18(27)20-15-8-7-13(19)11-16(15)22(24)25/h4-8,10-11H,2-3,9H2,1H3,(H2,20,21,23,27). The van der Waals surface area contributed by atoms with Crippen LogP contribution in [-0.2, 0) is 0 Å². The van der Waals surface area contributed by atoms with Gasteiger partial charge in [-0.3, -0.25) is 20.2 Å². The molecule has 9 heteroatoms. The Morgan fingerprint density at radius 2 is 2.07 bits per heavy atom. The Balaban J connectivity index is 2.03. The van der Waals surface area contributed by atoms with Gasteiger partial charge in [0.05, 0.1) is 11.5 Å². The summed E-state index contributed by atoms with van der Waals surface area (Å²) in [5, 5.41) is 16.4. The van der Waals surface area contributed by atoms with Gasteiger partial charge in [-0.2, -0.15) is 0 Å². The first-order valence-corrected chi connectivity index (χ1v) is 8.98. The molecule has 0 aromatic heterocycles. The minimum Gasteiger partial charge on any atom is -0.494 e. The largest absolute Gasteiger partial charge is 0.494 e. The highest BCUT2D eigenvalue weighted by Crippen LogP contribution is 2.27. The van der Waals surface area contributed by atoms with Crippen molar-refractivity contribution < 1.29 is 14.5 Å². The molecule has 0 radical (unpaired) electrons. The normalized spacial score (nSPS) is 10.1. The lowest BCUT2D eigenvalue weighted by atomic mass is 10.2. The van der Waals surface area contributed by atoms with E-state index in [1.807, 2.05) is 0 Å². The summed E-state index contributed by atoms with van der Waals surface area (Å²) in [5.41, 5.74) is 0.246. The van der Waals surface area contributed by atoms with E-state index in [2.05, 4.69) is 17.6 Å². The van der Waals surface area contributed by atoms with Crippen LogP contribution in [0, 0.1) is 10.1 Å². The molecule has 0 heterocycles. The molecule has 0 aliphatic heterocycles. The zero-order valence-corrected chi connectivity index (χ0v) is 16.1. The molecule has 7 nitrogen and oxygen atoms in total. The third-order valence-electron chi connectivity index (χ3n) is 3.49. The van der Waals surface area contributed by atoms with E-state index in [-0.39, 0.29) is 21.5 Å². The number of hydrogen-bond acceptors (Lipinski definition) is 5. The van der Waals surface area contributed by atoms with Gasteiger partial charge in [0.1, 0.15) is 11.4 Å². The second-order valence-electron chi connectivity index (χ2n) is 5.56. The van der Waals surface area contributed by atoms with Crippen LogP contribution in [0.25, 0.3) is 0 Å². The van der Waals surface area contributed by atoms with E-state index < -0.39 is 10.8 Å². The fraction of sp³-hybridized carbons (Fsp3) is 0.222. The van der Waals surface area contributed by atoms with Gasteiger partial charge in [0.15, 0.2) is 5.11 Å². The number of rotatable bonds is 7. The fourth-order valence-electron chi connectivity index (χ4n) is 2.15. The molecule has 0 spiro atoms. The molecule has 27 heavy (non-hydrogen) atoms. The molecule has 0 aliphatic carbocycles. The number of amides is 1. The molecule has 1 amide bonds. The number of halogens is 1. The number of nitrogens with zero attached hydrogens (tertiary/aromatic N) is 1.